The van der Waals surface area contributed by atoms with Gasteiger partial charge in [0.05, 0.1) is 5.69 Å². The van der Waals surface area contributed by atoms with Gasteiger partial charge in [-0.25, -0.2) is 0 Å². The zero-order chi connectivity index (χ0) is 15.6. The van der Waals surface area contributed by atoms with Crippen LogP contribution in [0.3, 0.4) is 0 Å². The molecule has 0 amide bonds. The molecule has 0 atom stereocenters. The van der Waals surface area contributed by atoms with Crippen molar-refractivity contribution < 1.29 is 0 Å². The second-order valence-electron chi connectivity index (χ2n) is 6.29. The molecule has 0 radical (unpaired) electrons. The summed E-state index contributed by atoms with van der Waals surface area (Å²) in [4.78, 5) is 4.71. The minimum absolute atomic E-state index is 1.04. The van der Waals surface area contributed by atoms with Crippen LogP contribution in [-0.4, -0.2) is 13.1 Å². The van der Waals surface area contributed by atoms with E-state index in [-0.39, 0.29) is 0 Å². The topological polar surface area (TPSA) is 12.9 Å². The predicted octanol–water partition coefficient (Wildman–Crippen LogP) is 3.88. The number of benzene rings is 2. The van der Waals surface area contributed by atoms with Crippen molar-refractivity contribution >= 4 is 18.4 Å². The zero-order valence-electron chi connectivity index (χ0n) is 13.4. The Bertz CT molecular complexity index is 744. The van der Waals surface area contributed by atoms with E-state index in [0.29, 0.717) is 0 Å². The van der Waals surface area contributed by atoms with Crippen LogP contribution >= 0.6 is 0 Å². The lowest BCUT2D eigenvalue weighted by Crippen LogP contribution is -2.52. The number of hydrogen-bond donors (Lipinski definition) is 0. The zero-order valence-corrected chi connectivity index (χ0v) is 14.4. The molecule has 0 unspecified atom stereocenters. The van der Waals surface area contributed by atoms with Gasteiger partial charge >= 0.3 is 0 Å². The third-order valence-electron chi connectivity index (χ3n) is 4.33. The number of rotatable bonds is 3. The molecule has 1 aromatic heterocycles. The number of aryl methyl sites for hydroxylation is 1. The van der Waals surface area contributed by atoms with Crippen LogP contribution in [0.4, 0.5) is 0 Å². The minimum atomic E-state index is -1.65. The van der Waals surface area contributed by atoms with E-state index in [9.17, 15) is 0 Å². The van der Waals surface area contributed by atoms with Crippen molar-refractivity contribution in [2.75, 3.05) is 0 Å². The lowest BCUT2D eigenvalue weighted by Gasteiger charge is -2.23. The fraction of sp³-hybridized carbons (Fsp3) is 0.150. The molecule has 0 aliphatic rings. The molecule has 0 aliphatic heterocycles. The number of hydrogen-bond acceptors (Lipinski definition) is 1. The molecular formula is C20H21NSi. The quantitative estimate of drug-likeness (QED) is 0.669. The van der Waals surface area contributed by atoms with E-state index >= 15 is 0 Å². The van der Waals surface area contributed by atoms with Crippen molar-refractivity contribution in [1.82, 2.24) is 4.98 Å². The van der Waals surface area contributed by atoms with Gasteiger partial charge < -0.3 is 0 Å². The molecular weight excluding hydrogens is 282 g/mol. The van der Waals surface area contributed by atoms with Gasteiger partial charge in [0.15, 0.2) is 0 Å². The normalized spacial score (nSPS) is 11.4. The molecule has 0 aliphatic carbocycles. The molecule has 2 aromatic carbocycles. The lowest BCUT2D eigenvalue weighted by molar-refractivity contribution is 1.33. The van der Waals surface area contributed by atoms with Crippen LogP contribution in [0.5, 0.6) is 0 Å². The van der Waals surface area contributed by atoms with Crippen LogP contribution in [0.1, 0.15) is 5.56 Å². The Hall–Kier alpha value is -2.19. The first-order valence-corrected chi connectivity index (χ1v) is 10.7. The predicted molar refractivity (Wildman–Crippen MR) is 97.6 cm³/mol. The molecule has 1 nitrogen and oxygen atoms in total. The molecule has 0 spiro atoms. The molecule has 0 bridgehead atoms. The molecule has 2 heteroatoms. The molecule has 1 heterocycles. The van der Waals surface area contributed by atoms with E-state index < -0.39 is 8.07 Å². The van der Waals surface area contributed by atoms with Crippen molar-refractivity contribution in [3.8, 4) is 11.3 Å². The van der Waals surface area contributed by atoms with Gasteiger partial charge in [0, 0.05) is 11.8 Å². The highest BCUT2D eigenvalue weighted by Gasteiger charge is 2.25. The largest absolute Gasteiger partial charge is 0.256 e. The first kappa shape index (κ1) is 14.7. The van der Waals surface area contributed by atoms with E-state index in [1.165, 1.54) is 21.5 Å². The van der Waals surface area contributed by atoms with Gasteiger partial charge in [-0.15, -0.1) is 0 Å². The van der Waals surface area contributed by atoms with Crippen molar-refractivity contribution in [2.24, 2.45) is 0 Å². The van der Waals surface area contributed by atoms with Crippen molar-refractivity contribution in [2.45, 2.75) is 20.0 Å². The van der Waals surface area contributed by atoms with Gasteiger partial charge in [-0.05, 0) is 18.2 Å². The summed E-state index contributed by atoms with van der Waals surface area (Å²) in [6.45, 7) is 6.87. The van der Waals surface area contributed by atoms with E-state index in [1.54, 1.807) is 0 Å². The maximum atomic E-state index is 4.71. The summed E-state index contributed by atoms with van der Waals surface area (Å²) in [6.07, 6.45) is 2.06. The van der Waals surface area contributed by atoms with Crippen LogP contribution in [-0.2, 0) is 0 Å². The highest BCUT2D eigenvalue weighted by atomic mass is 28.3. The van der Waals surface area contributed by atoms with Crippen molar-refractivity contribution in [1.29, 1.82) is 0 Å². The number of aromatic nitrogens is 1. The third-order valence-corrected chi connectivity index (χ3v) is 7.84. The van der Waals surface area contributed by atoms with Crippen LogP contribution in [0.25, 0.3) is 11.3 Å². The fourth-order valence-electron chi connectivity index (χ4n) is 2.68. The van der Waals surface area contributed by atoms with Gasteiger partial charge in [-0.2, -0.15) is 0 Å². The summed E-state index contributed by atoms with van der Waals surface area (Å²) >= 11 is 0. The van der Waals surface area contributed by atoms with Gasteiger partial charge in [0.1, 0.15) is 8.07 Å². The van der Waals surface area contributed by atoms with Gasteiger partial charge in [0.2, 0.25) is 0 Å². The van der Waals surface area contributed by atoms with E-state index in [4.69, 9.17) is 4.98 Å². The Kier molecular flexibility index (Phi) is 3.95. The van der Waals surface area contributed by atoms with Crippen LogP contribution < -0.4 is 10.4 Å². The molecule has 0 fully saturated rings. The molecule has 3 rings (SSSR count). The standard InChI is InChI=1S/C20H21NSi/c1-16-9-11-17(12-10-16)20-14-13-19(15-21-20)22(2,3)18-7-5-4-6-8-18/h4-15H,1-3H3. The molecule has 0 saturated carbocycles. The average Bonchev–Trinajstić information content (AvgIpc) is 2.56. The van der Waals surface area contributed by atoms with Gasteiger partial charge in [0.25, 0.3) is 0 Å². The Morgan fingerprint density at radius 2 is 1.41 bits per heavy atom. The van der Waals surface area contributed by atoms with Crippen LogP contribution in [0.2, 0.25) is 13.1 Å². The second-order valence-corrected chi connectivity index (χ2v) is 10.7. The summed E-state index contributed by atoms with van der Waals surface area (Å²) in [5.41, 5.74) is 3.50. The van der Waals surface area contributed by atoms with Crippen molar-refractivity contribution in [3.05, 3.63) is 78.5 Å². The highest BCUT2D eigenvalue weighted by Crippen LogP contribution is 2.17. The Labute approximate surface area is 133 Å². The lowest BCUT2D eigenvalue weighted by atomic mass is 10.1. The number of nitrogens with zero attached hydrogens (tertiary/aromatic N) is 1. The van der Waals surface area contributed by atoms with Gasteiger partial charge in [-0.1, -0.05) is 84.5 Å². The van der Waals surface area contributed by atoms with E-state index in [1.807, 2.05) is 0 Å². The maximum absolute atomic E-state index is 4.71. The monoisotopic (exact) mass is 303 g/mol. The first-order valence-electron chi connectivity index (χ1n) is 7.66. The van der Waals surface area contributed by atoms with Gasteiger partial charge in [-0.3, -0.25) is 4.98 Å². The Balaban J connectivity index is 1.93. The third kappa shape index (κ3) is 2.88. The van der Waals surface area contributed by atoms with Crippen LogP contribution in [0, 0.1) is 6.92 Å². The smallest absolute Gasteiger partial charge is 0.114 e. The van der Waals surface area contributed by atoms with Crippen LogP contribution in [0.15, 0.2) is 72.9 Å². The highest BCUT2D eigenvalue weighted by molar-refractivity contribution is 7.00. The van der Waals surface area contributed by atoms with E-state index in [0.717, 1.165) is 5.69 Å². The first-order chi connectivity index (χ1) is 10.6. The summed E-state index contributed by atoms with van der Waals surface area (Å²) < 4.78 is 0. The summed E-state index contributed by atoms with van der Waals surface area (Å²) in [7, 11) is -1.65. The number of pyridine rings is 1. The SMILES string of the molecule is Cc1ccc(-c2ccc([Si](C)(C)c3ccccc3)cn2)cc1. The summed E-state index contributed by atoms with van der Waals surface area (Å²) in [5.74, 6) is 0. The fourth-order valence-corrected chi connectivity index (χ4v) is 4.93. The second kappa shape index (κ2) is 5.89. The summed E-state index contributed by atoms with van der Waals surface area (Å²) in [6, 6.07) is 23.7. The molecule has 3 aromatic rings. The molecule has 110 valence electrons. The summed E-state index contributed by atoms with van der Waals surface area (Å²) in [5, 5.41) is 2.81. The van der Waals surface area contributed by atoms with Crippen molar-refractivity contribution in [3.63, 3.8) is 0 Å². The Morgan fingerprint density at radius 3 is 2.00 bits per heavy atom. The van der Waals surface area contributed by atoms with E-state index in [2.05, 4.69) is 92.9 Å². The minimum Gasteiger partial charge on any atom is -0.256 e. The molecule has 0 saturated heterocycles. The molecule has 22 heavy (non-hydrogen) atoms. The maximum Gasteiger partial charge on any atom is 0.114 e. The molecule has 0 N–H and O–H groups in total. The Morgan fingerprint density at radius 1 is 0.727 bits per heavy atom. The average molecular weight is 303 g/mol.